The molecule has 0 bridgehead atoms. The van der Waals surface area contributed by atoms with Gasteiger partial charge in [-0.15, -0.1) is 0 Å². The first-order valence-electron chi connectivity index (χ1n) is 9.46. The molecule has 1 aliphatic rings. The molecule has 0 aromatic heterocycles. The van der Waals surface area contributed by atoms with E-state index in [4.69, 9.17) is 4.74 Å². The van der Waals surface area contributed by atoms with Crippen molar-refractivity contribution >= 4 is 27.9 Å². The van der Waals surface area contributed by atoms with Gasteiger partial charge in [0.2, 0.25) is 10.0 Å². The molecule has 0 saturated carbocycles. The summed E-state index contributed by atoms with van der Waals surface area (Å²) < 4.78 is 32.1. The van der Waals surface area contributed by atoms with E-state index >= 15 is 0 Å². The quantitative estimate of drug-likeness (QED) is 0.663. The van der Waals surface area contributed by atoms with Gasteiger partial charge in [-0.1, -0.05) is 17.7 Å². The largest absolute Gasteiger partial charge is 0.454 e. The number of carbonyl (C=O) groups excluding carboxylic acids is 3. The molecule has 0 unspecified atom stereocenters. The second-order valence-electron chi connectivity index (χ2n) is 7.22. The minimum atomic E-state index is -3.88. The molecular weight excluding hydrogens is 398 g/mol. The summed E-state index contributed by atoms with van der Waals surface area (Å²) in [6, 6.07) is 4.53. The predicted molar refractivity (Wildman–Crippen MR) is 105 cm³/mol. The zero-order valence-electron chi connectivity index (χ0n) is 16.8. The number of rotatable bonds is 6. The van der Waals surface area contributed by atoms with E-state index in [9.17, 15) is 22.8 Å². The lowest BCUT2D eigenvalue weighted by Gasteiger charge is -2.32. The van der Waals surface area contributed by atoms with E-state index in [1.807, 2.05) is 12.2 Å². The van der Waals surface area contributed by atoms with Gasteiger partial charge in [0.05, 0.1) is 4.90 Å². The van der Waals surface area contributed by atoms with E-state index in [1.165, 1.54) is 12.1 Å². The molecule has 1 aliphatic heterocycles. The van der Waals surface area contributed by atoms with Crippen LogP contribution in [-0.2, 0) is 24.3 Å². The molecule has 1 aromatic carbocycles. The van der Waals surface area contributed by atoms with Gasteiger partial charge in [0.15, 0.2) is 6.61 Å². The maximum atomic E-state index is 13.0. The molecule has 2 rings (SSSR count). The number of amides is 3. The summed E-state index contributed by atoms with van der Waals surface area (Å²) in [7, 11) is -3.88. The summed E-state index contributed by atoms with van der Waals surface area (Å²) in [5.41, 5.74) is 0.922. The van der Waals surface area contributed by atoms with Gasteiger partial charge in [-0.25, -0.2) is 13.2 Å². The van der Waals surface area contributed by atoms with Crippen LogP contribution in [0, 0.1) is 6.92 Å². The van der Waals surface area contributed by atoms with Gasteiger partial charge < -0.3 is 10.1 Å². The zero-order chi connectivity index (χ0) is 21.6. The van der Waals surface area contributed by atoms with Crippen molar-refractivity contribution in [2.45, 2.75) is 57.0 Å². The van der Waals surface area contributed by atoms with E-state index in [2.05, 4.69) is 5.32 Å². The highest BCUT2D eigenvalue weighted by Gasteiger charge is 2.38. The maximum Gasteiger partial charge on any atom is 0.324 e. The first-order chi connectivity index (χ1) is 13.6. The number of urea groups is 1. The van der Waals surface area contributed by atoms with Crippen molar-refractivity contribution in [1.82, 2.24) is 14.9 Å². The topological polar surface area (TPSA) is 122 Å². The first-order valence-corrected chi connectivity index (χ1v) is 10.9. The Bertz CT molecular complexity index is 851. The number of hydrogen-bond acceptors (Lipinski definition) is 6. The fourth-order valence-electron chi connectivity index (χ4n) is 2.97. The van der Waals surface area contributed by atoms with Gasteiger partial charge in [0.1, 0.15) is 6.04 Å². The SMILES string of the molecule is Cc1ccc(S(=O)(=O)N2CCCC[C@@H]2C(=O)OCC(=O)NC(=O)NC(C)C)cc1. The zero-order valence-corrected chi connectivity index (χ0v) is 17.6. The van der Waals surface area contributed by atoms with Gasteiger partial charge >= 0.3 is 12.0 Å². The van der Waals surface area contributed by atoms with E-state index in [1.54, 1.807) is 26.0 Å². The molecule has 3 amide bonds. The molecule has 10 heteroatoms. The maximum absolute atomic E-state index is 13.0. The Morgan fingerprint density at radius 2 is 1.83 bits per heavy atom. The number of esters is 1. The Morgan fingerprint density at radius 3 is 2.45 bits per heavy atom. The Hall–Kier alpha value is -2.46. The van der Waals surface area contributed by atoms with Crippen molar-refractivity contribution < 1.29 is 27.5 Å². The summed E-state index contributed by atoms with van der Waals surface area (Å²) >= 11 is 0. The molecule has 0 aliphatic carbocycles. The average Bonchev–Trinajstić information content (AvgIpc) is 2.65. The third-order valence-corrected chi connectivity index (χ3v) is 6.29. The summed E-state index contributed by atoms with van der Waals surface area (Å²) in [5.74, 6) is -1.60. The molecule has 9 nitrogen and oxygen atoms in total. The Morgan fingerprint density at radius 1 is 1.17 bits per heavy atom. The van der Waals surface area contributed by atoms with Gasteiger partial charge in [-0.3, -0.25) is 14.9 Å². The molecule has 1 heterocycles. The van der Waals surface area contributed by atoms with Crippen LogP contribution in [0.1, 0.15) is 38.7 Å². The van der Waals surface area contributed by atoms with Crippen molar-refractivity contribution in [1.29, 1.82) is 0 Å². The van der Waals surface area contributed by atoms with E-state index in [-0.39, 0.29) is 17.5 Å². The third kappa shape index (κ3) is 6.26. The van der Waals surface area contributed by atoms with Crippen molar-refractivity contribution in [3.8, 4) is 0 Å². The highest BCUT2D eigenvalue weighted by atomic mass is 32.2. The summed E-state index contributed by atoms with van der Waals surface area (Å²) in [6.07, 6.45) is 1.60. The molecule has 1 saturated heterocycles. The normalized spacial score (nSPS) is 17.6. The van der Waals surface area contributed by atoms with Crippen molar-refractivity contribution in [3.05, 3.63) is 29.8 Å². The van der Waals surface area contributed by atoms with Crippen LogP contribution in [0.25, 0.3) is 0 Å². The molecular formula is C19H27N3O6S. The van der Waals surface area contributed by atoms with Crippen LogP contribution in [0.15, 0.2) is 29.2 Å². The Balaban J connectivity index is 2.03. The number of nitrogens with zero attached hydrogens (tertiary/aromatic N) is 1. The minimum Gasteiger partial charge on any atom is -0.454 e. The summed E-state index contributed by atoms with van der Waals surface area (Å²) in [5, 5.41) is 4.52. The van der Waals surface area contributed by atoms with E-state index in [0.29, 0.717) is 19.3 Å². The molecule has 0 spiro atoms. The molecule has 1 aromatic rings. The number of imide groups is 1. The number of nitrogens with one attached hydrogen (secondary N) is 2. The molecule has 0 radical (unpaired) electrons. The predicted octanol–water partition coefficient (Wildman–Crippen LogP) is 1.32. The standard InChI is InChI=1S/C19H27N3O6S/c1-13(2)20-19(25)21-17(23)12-28-18(24)16-6-4-5-11-22(16)29(26,27)15-9-7-14(3)8-10-15/h7-10,13,16H,4-6,11-12H2,1-3H3,(H2,20,21,23,25)/t16-/m1/s1. The van der Waals surface area contributed by atoms with Crippen LogP contribution in [0.5, 0.6) is 0 Å². The van der Waals surface area contributed by atoms with Crippen LogP contribution in [-0.4, -0.2) is 55.9 Å². The number of ether oxygens (including phenoxy) is 1. The number of carbonyl (C=O) groups is 3. The van der Waals surface area contributed by atoms with Crippen LogP contribution < -0.4 is 10.6 Å². The highest BCUT2D eigenvalue weighted by molar-refractivity contribution is 7.89. The van der Waals surface area contributed by atoms with Crippen LogP contribution >= 0.6 is 0 Å². The molecule has 1 atom stereocenters. The van der Waals surface area contributed by atoms with Crippen molar-refractivity contribution in [2.24, 2.45) is 0 Å². The lowest BCUT2D eigenvalue weighted by molar-refractivity contribution is -0.152. The van der Waals surface area contributed by atoms with Crippen LogP contribution in [0.4, 0.5) is 4.79 Å². The number of hydrogen-bond donors (Lipinski definition) is 2. The fraction of sp³-hybridized carbons (Fsp3) is 0.526. The number of piperidine rings is 1. The Labute approximate surface area is 170 Å². The van der Waals surface area contributed by atoms with Crippen LogP contribution in [0.2, 0.25) is 0 Å². The minimum absolute atomic E-state index is 0.103. The summed E-state index contributed by atoms with van der Waals surface area (Å²) in [4.78, 5) is 35.9. The van der Waals surface area contributed by atoms with Crippen LogP contribution in [0.3, 0.4) is 0 Å². The number of benzene rings is 1. The van der Waals surface area contributed by atoms with Crippen molar-refractivity contribution in [3.63, 3.8) is 0 Å². The second kappa shape index (κ2) is 9.84. The molecule has 2 N–H and O–H groups in total. The molecule has 29 heavy (non-hydrogen) atoms. The molecule has 1 fully saturated rings. The summed E-state index contributed by atoms with van der Waals surface area (Å²) in [6.45, 7) is 4.84. The second-order valence-corrected chi connectivity index (χ2v) is 9.11. The smallest absolute Gasteiger partial charge is 0.324 e. The van der Waals surface area contributed by atoms with E-state index in [0.717, 1.165) is 9.87 Å². The van der Waals surface area contributed by atoms with Gasteiger partial charge in [0, 0.05) is 12.6 Å². The van der Waals surface area contributed by atoms with Crippen molar-refractivity contribution in [2.75, 3.05) is 13.2 Å². The average molecular weight is 426 g/mol. The highest BCUT2D eigenvalue weighted by Crippen LogP contribution is 2.26. The van der Waals surface area contributed by atoms with Gasteiger partial charge in [0.25, 0.3) is 5.91 Å². The number of sulfonamides is 1. The lowest BCUT2D eigenvalue weighted by Crippen LogP contribution is -2.49. The molecule has 160 valence electrons. The van der Waals surface area contributed by atoms with Gasteiger partial charge in [-0.2, -0.15) is 4.31 Å². The lowest BCUT2D eigenvalue weighted by atomic mass is 10.1. The Kier molecular flexibility index (Phi) is 7.74. The van der Waals surface area contributed by atoms with Gasteiger partial charge in [-0.05, 0) is 52.2 Å². The third-order valence-electron chi connectivity index (χ3n) is 4.37. The first kappa shape index (κ1) is 22.8. The van der Waals surface area contributed by atoms with E-state index < -0.39 is 40.6 Å². The number of aryl methyl sites for hydroxylation is 1. The fourth-order valence-corrected chi connectivity index (χ4v) is 4.61. The monoisotopic (exact) mass is 425 g/mol.